The predicted octanol–water partition coefficient (Wildman–Crippen LogP) is 3.17. The lowest BCUT2D eigenvalue weighted by Crippen LogP contribution is -2.33. The molecule has 10 nitrogen and oxygen atoms in total. The molecule has 0 spiro atoms. The summed E-state index contributed by atoms with van der Waals surface area (Å²) in [5.41, 5.74) is 1.22. The largest absolute Gasteiger partial charge is 0.494 e. The fraction of sp³-hybridized carbons (Fsp3) is 0.280. The van der Waals surface area contributed by atoms with Gasteiger partial charge >= 0.3 is 11.9 Å². The van der Waals surface area contributed by atoms with Crippen molar-refractivity contribution < 1.29 is 29.1 Å². The van der Waals surface area contributed by atoms with Crippen LogP contribution < -0.4 is 5.32 Å². The number of nitro benzene ring substituents is 1. The molecular formula is C25H27N3O7. The van der Waals surface area contributed by atoms with Gasteiger partial charge in [0.1, 0.15) is 12.2 Å². The Morgan fingerprint density at radius 2 is 1.83 bits per heavy atom. The Hall–Kier alpha value is -4.18. The van der Waals surface area contributed by atoms with Crippen LogP contribution in [0.4, 0.5) is 5.69 Å². The van der Waals surface area contributed by atoms with E-state index in [0.29, 0.717) is 13.1 Å². The summed E-state index contributed by atoms with van der Waals surface area (Å²) in [7, 11) is 3.04. The van der Waals surface area contributed by atoms with Crippen LogP contribution in [0.1, 0.15) is 24.0 Å². The number of likely N-dealkylation sites (N-methyl/N-ethyl adjacent to an activating group) is 1. The van der Waals surface area contributed by atoms with E-state index < -0.39 is 28.7 Å². The predicted molar refractivity (Wildman–Crippen MR) is 127 cm³/mol. The average Bonchev–Trinajstić information content (AvgIpc) is 2.83. The molecule has 1 atom stereocenters. The number of hydrogen-bond donors (Lipinski definition) is 2. The highest BCUT2D eigenvalue weighted by Gasteiger charge is 2.39. The van der Waals surface area contributed by atoms with Crippen LogP contribution in [-0.2, 0) is 25.6 Å². The van der Waals surface area contributed by atoms with E-state index in [0.717, 1.165) is 12.7 Å². The van der Waals surface area contributed by atoms with Gasteiger partial charge < -0.3 is 19.9 Å². The number of carbonyl (C=O) groups is 2. The molecule has 1 unspecified atom stereocenters. The first-order valence-electron chi connectivity index (χ1n) is 10.9. The van der Waals surface area contributed by atoms with Crippen molar-refractivity contribution in [1.29, 1.82) is 0 Å². The fourth-order valence-corrected chi connectivity index (χ4v) is 3.90. The van der Waals surface area contributed by atoms with Crippen molar-refractivity contribution in [3.63, 3.8) is 0 Å². The molecule has 3 rings (SSSR count). The number of nitrogens with zero attached hydrogens (tertiary/aromatic N) is 2. The number of dihydropyridines is 1. The van der Waals surface area contributed by atoms with Crippen molar-refractivity contribution in [1.82, 2.24) is 10.2 Å². The number of aliphatic hydroxyl groups is 1. The molecule has 10 heteroatoms. The number of hydrogen-bond acceptors (Lipinski definition) is 9. The Labute approximate surface area is 202 Å². The van der Waals surface area contributed by atoms with Crippen molar-refractivity contribution in [2.24, 2.45) is 0 Å². The Balaban J connectivity index is 1.84. The molecule has 0 bridgehead atoms. The molecule has 2 aromatic rings. The molecule has 1 aliphatic heterocycles. The van der Waals surface area contributed by atoms with Gasteiger partial charge in [0.25, 0.3) is 5.69 Å². The van der Waals surface area contributed by atoms with Crippen molar-refractivity contribution >= 4 is 17.6 Å². The highest BCUT2D eigenvalue weighted by molar-refractivity contribution is 5.99. The third-order valence-electron chi connectivity index (χ3n) is 5.58. The van der Waals surface area contributed by atoms with E-state index in [-0.39, 0.29) is 34.7 Å². The van der Waals surface area contributed by atoms with E-state index >= 15 is 0 Å². The Bertz CT molecular complexity index is 1170. The number of carbonyl (C=O) groups excluding carboxylic acids is 2. The Kier molecular flexibility index (Phi) is 8.21. The molecule has 35 heavy (non-hydrogen) atoms. The first kappa shape index (κ1) is 25.4. The van der Waals surface area contributed by atoms with Crippen LogP contribution in [0, 0.1) is 10.1 Å². The van der Waals surface area contributed by atoms with Gasteiger partial charge in [0.05, 0.1) is 23.5 Å². The topological polar surface area (TPSA) is 131 Å². The monoisotopic (exact) mass is 481 g/mol. The summed E-state index contributed by atoms with van der Waals surface area (Å²) in [6.45, 7) is 2.74. The van der Waals surface area contributed by atoms with Gasteiger partial charge in [-0.2, -0.15) is 0 Å². The van der Waals surface area contributed by atoms with Crippen LogP contribution >= 0.6 is 0 Å². The summed E-state index contributed by atoms with van der Waals surface area (Å²) in [5.74, 6) is -3.22. The highest BCUT2D eigenvalue weighted by atomic mass is 16.6. The quantitative estimate of drug-likeness (QED) is 0.315. The molecule has 1 aliphatic rings. The van der Waals surface area contributed by atoms with Crippen molar-refractivity contribution in [3.8, 4) is 0 Å². The summed E-state index contributed by atoms with van der Waals surface area (Å²) in [4.78, 5) is 38.5. The number of methoxy groups -OCH3 is 1. The number of nitro groups is 1. The van der Waals surface area contributed by atoms with E-state index in [9.17, 15) is 24.8 Å². The number of esters is 2. The first-order chi connectivity index (χ1) is 16.7. The van der Waals surface area contributed by atoms with E-state index in [1.54, 1.807) is 6.92 Å². The zero-order valence-corrected chi connectivity index (χ0v) is 19.7. The molecule has 0 saturated carbocycles. The minimum atomic E-state index is -1.13. The molecule has 0 fully saturated rings. The van der Waals surface area contributed by atoms with Crippen LogP contribution in [0.2, 0.25) is 0 Å². The first-order valence-corrected chi connectivity index (χ1v) is 10.9. The molecule has 2 N–H and O–H groups in total. The second kappa shape index (κ2) is 11.3. The van der Waals surface area contributed by atoms with Gasteiger partial charge in [-0.25, -0.2) is 9.59 Å². The van der Waals surface area contributed by atoms with Crippen molar-refractivity contribution in [2.45, 2.75) is 19.4 Å². The maximum Gasteiger partial charge on any atom is 0.340 e. The third-order valence-corrected chi connectivity index (χ3v) is 5.58. The molecule has 0 amide bonds. The van der Waals surface area contributed by atoms with Gasteiger partial charge in [-0.05, 0) is 25.1 Å². The van der Waals surface area contributed by atoms with Crippen LogP contribution in [0.5, 0.6) is 0 Å². The van der Waals surface area contributed by atoms with Crippen molar-refractivity contribution in [2.75, 3.05) is 27.3 Å². The number of rotatable bonds is 9. The van der Waals surface area contributed by atoms with Gasteiger partial charge in [-0.3, -0.25) is 15.0 Å². The molecule has 0 aliphatic carbocycles. The van der Waals surface area contributed by atoms with Gasteiger partial charge in [0.2, 0.25) is 0 Å². The zero-order chi connectivity index (χ0) is 25.5. The standard InChI is InChI=1S/C25H27N3O7/c1-16-20(25(31)35-13-12-27(2)15-17-8-5-4-6-9-17)21(22(23(29)26-16)24(30)34-3)18-10-7-11-19(14-18)28(32)33/h4-11,14,21,26,29H,12-13,15H2,1-3H3. The maximum absolute atomic E-state index is 13.2. The summed E-state index contributed by atoms with van der Waals surface area (Å²) >= 11 is 0. The van der Waals surface area contributed by atoms with Gasteiger partial charge in [-0.1, -0.05) is 42.5 Å². The molecule has 0 radical (unpaired) electrons. The van der Waals surface area contributed by atoms with Crippen LogP contribution in [0.15, 0.2) is 77.3 Å². The van der Waals surface area contributed by atoms with Crippen LogP contribution in [0.3, 0.4) is 0 Å². The third kappa shape index (κ3) is 6.04. The number of benzene rings is 2. The Morgan fingerprint density at radius 3 is 2.49 bits per heavy atom. The van der Waals surface area contributed by atoms with Gasteiger partial charge in [-0.15, -0.1) is 0 Å². The molecule has 0 saturated heterocycles. The second-order valence-electron chi connectivity index (χ2n) is 8.06. The molecule has 184 valence electrons. The van der Waals surface area contributed by atoms with Crippen LogP contribution in [-0.4, -0.2) is 54.2 Å². The number of non-ortho nitro benzene ring substituents is 1. The average molecular weight is 482 g/mol. The summed E-state index contributed by atoms with van der Waals surface area (Å²) in [6, 6.07) is 15.4. The van der Waals surface area contributed by atoms with E-state index in [1.165, 1.54) is 24.3 Å². The summed E-state index contributed by atoms with van der Waals surface area (Å²) in [6.07, 6.45) is 0. The lowest BCUT2D eigenvalue weighted by atomic mass is 9.81. The molecule has 1 heterocycles. The lowest BCUT2D eigenvalue weighted by Gasteiger charge is -2.29. The minimum absolute atomic E-state index is 0.0504. The highest BCUT2D eigenvalue weighted by Crippen LogP contribution is 2.39. The number of ether oxygens (including phenoxy) is 2. The molecular weight excluding hydrogens is 454 g/mol. The van der Waals surface area contributed by atoms with E-state index in [1.807, 2.05) is 42.3 Å². The SMILES string of the molecule is COC(=O)C1=C(O)NC(C)=C(C(=O)OCCN(C)Cc2ccccc2)C1c1cccc([N+](=O)[O-])c1. The molecule has 2 aromatic carbocycles. The van der Waals surface area contributed by atoms with E-state index in [2.05, 4.69) is 5.32 Å². The summed E-state index contributed by atoms with van der Waals surface area (Å²) in [5, 5.41) is 24.4. The second-order valence-corrected chi connectivity index (χ2v) is 8.06. The lowest BCUT2D eigenvalue weighted by molar-refractivity contribution is -0.384. The number of nitrogens with one attached hydrogen (secondary N) is 1. The minimum Gasteiger partial charge on any atom is -0.494 e. The van der Waals surface area contributed by atoms with E-state index in [4.69, 9.17) is 9.47 Å². The van der Waals surface area contributed by atoms with Crippen molar-refractivity contribution in [3.05, 3.63) is 98.6 Å². The normalized spacial score (nSPS) is 15.6. The Morgan fingerprint density at radius 1 is 1.11 bits per heavy atom. The summed E-state index contributed by atoms with van der Waals surface area (Å²) < 4.78 is 10.3. The number of allylic oxidation sites excluding steroid dienone is 1. The number of aliphatic hydroxyl groups excluding tert-OH is 1. The smallest absolute Gasteiger partial charge is 0.340 e. The zero-order valence-electron chi connectivity index (χ0n) is 19.7. The maximum atomic E-state index is 13.2. The van der Waals surface area contributed by atoms with Gasteiger partial charge in [0.15, 0.2) is 5.88 Å². The van der Waals surface area contributed by atoms with Crippen LogP contribution in [0.25, 0.3) is 0 Å². The molecule has 0 aromatic heterocycles. The van der Waals surface area contributed by atoms with Gasteiger partial charge in [0, 0.05) is 30.9 Å². The fourth-order valence-electron chi connectivity index (χ4n) is 3.90.